The molecule has 2 rings (SSSR count). The van der Waals surface area contributed by atoms with Gasteiger partial charge in [0, 0.05) is 12.2 Å². The van der Waals surface area contributed by atoms with Crippen LogP contribution in [0.3, 0.4) is 0 Å². The van der Waals surface area contributed by atoms with Crippen LogP contribution in [0.5, 0.6) is 0 Å². The number of amides is 2. The molecule has 0 atom stereocenters. The van der Waals surface area contributed by atoms with E-state index in [1.807, 2.05) is 47.6 Å². The predicted octanol–water partition coefficient (Wildman–Crippen LogP) is 4.19. The van der Waals surface area contributed by atoms with Gasteiger partial charge in [0.1, 0.15) is 0 Å². The number of imide groups is 1. The van der Waals surface area contributed by atoms with Gasteiger partial charge in [0.25, 0.3) is 11.8 Å². The van der Waals surface area contributed by atoms with Gasteiger partial charge in [-0.3, -0.25) is 9.59 Å². The highest BCUT2D eigenvalue weighted by molar-refractivity contribution is 6.28. The van der Waals surface area contributed by atoms with Crippen molar-refractivity contribution in [3.05, 3.63) is 42.5 Å². The van der Waals surface area contributed by atoms with Crippen LogP contribution >= 0.6 is 0 Å². The summed E-state index contributed by atoms with van der Waals surface area (Å²) in [5.74, 6) is -0.563. The van der Waals surface area contributed by atoms with Crippen LogP contribution in [0.25, 0.3) is 0 Å². The van der Waals surface area contributed by atoms with E-state index in [9.17, 15) is 9.59 Å². The Morgan fingerprint density at radius 2 is 1.05 bits per heavy atom. The minimum absolute atomic E-state index is 0.281. The predicted molar refractivity (Wildman–Crippen MR) is 82.1 cm³/mol. The molecular weight excluding hydrogens is 238 g/mol. The Morgan fingerprint density at radius 1 is 0.684 bits per heavy atom. The second kappa shape index (κ2) is 12.6. The lowest BCUT2D eigenvalue weighted by Crippen LogP contribution is -2.29. The number of rotatable bonds is 1. The molecule has 2 amide bonds. The van der Waals surface area contributed by atoms with Crippen LogP contribution in [-0.4, -0.2) is 11.8 Å². The van der Waals surface area contributed by atoms with Crippen molar-refractivity contribution in [1.29, 1.82) is 0 Å². The zero-order chi connectivity index (χ0) is 15.3. The van der Waals surface area contributed by atoms with Gasteiger partial charge in [-0.1, -0.05) is 59.7 Å². The SMILES string of the molecule is CC.CC.CC.O=C1C=CC(=O)N1c1ccccc1. The number of anilines is 1. The highest BCUT2D eigenvalue weighted by atomic mass is 16.2. The van der Waals surface area contributed by atoms with Crippen molar-refractivity contribution in [1.82, 2.24) is 0 Å². The van der Waals surface area contributed by atoms with Crippen molar-refractivity contribution in [2.45, 2.75) is 41.5 Å². The van der Waals surface area contributed by atoms with Gasteiger partial charge in [-0.2, -0.15) is 0 Å². The summed E-state index contributed by atoms with van der Waals surface area (Å²) in [6, 6.07) is 8.86. The van der Waals surface area contributed by atoms with Crippen LogP contribution in [0, 0.1) is 0 Å². The second-order valence-electron chi connectivity index (χ2n) is 2.68. The number of hydrogen-bond acceptors (Lipinski definition) is 2. The number of benzene rings is 1. The maximum absolute atomic E-state index is 11.2. The first-order valence-corrected chi connectivity index (χ1v) is 6.90. The van der Waals surface area contributed by atoms with Crippen LogP contribution in [0.4, 0.5) is 5.69 Å². The number of carbonyl (C=O) groups excluding carboxylic acids is 2. The van der Waals surface area contributed by atoms with Crippen LogP contribution in [-0.2, 0) is 9.59 Å². The Hall–Kier alpha value is -1.90. The molecule has 19 heavy (non-hydrogen) atoms. The van der Waals surface area contributed by atoms with E-state index in [2.05, 4.69) is 0 Å². The molecule has 0 spiro atoms. The summed E-state index contributed by atoms with van der Waals surface area (Å²) in [4.78, 5) is 23.5. The van der Waals surface area contributed by atoms with E-state index < -0.39 is 0 Å². The molecule has 3 nitrogen and oxygen atoms in total. The molecule has 0 saturated heterocycles. The normalized spacial score (nSPS) is 11.6. The lowest BCUT2D eigenvalue weighted by atomic mass is 10.3. The zero-order valence-corrected chi connectivity index (χ0v) is 12.8. The van der Waals surface area contributed by atoms with E-state index in [1.54, 1.807) is 24.3 Å². The molecule has 1 heterocycles. The summed E-state index contributed by atoms with van der Waals surface area (Å²) < 4.78 is 0. The summed E-state index contributed by atoms with van der Waals surface area (Å²) in [6.07, 6.45) is 2.55. The Morgan fingerprint density at radius 3 is 1.42 bits per heavy atom. The largest absolute Gasteiger partial charge is 0.269 e. The van der Waals surface area contributed by atoms with Crippen LogP contribution in [0.1, 0.15) is 41.5 Å². The minimum atomic E-state index is -0.281. The van der Waals surface area contributed by atoms with Gasteiger partial charge >= 0.3 is 0 Å². The fourth-order valence-electron chi connectivity index (χ4n) is 1.23. The highest BCUT2D eigenvalue weighted by Crippen LogP contribution is 2.17. The molecular formula is C16H25NO2. The summed E-state index contributed by atoms with van der Waals surface area (Å²) in [7, 11) is 0. The van der Waals surface area contributed by atoms with Gasteiger partial charge in [0.05, 0.1) is 5.69 Å². The Balaban J connectivity index is 0. The molecule has 1 aliphatic rings. The maximum atomic E-state index is 11.2. The quantitative estimate of drug-likeness (QED) is 0.712. The number of hydrogen-bond donors (Lipinski definition) is 0. The van der Waals surface area contributed by atoms with E-state index >= 15 is 0 Å². The van der Waals surface area contributed by atoms with Gasteiger partial charge in [0.2, 0.25) is 0 Å². The van der Waals surface area contributed by atoms with Crippen molar-refractivity contribution in [2.24, 2.45) is 0 Å². The van der Waals surface area contributed by atoms with E-state index in [-0.39, 0.29) is 11.8 Å². The summed E-state index contributed by atoms with van der Waals surface area (Å²) >= 11 is 0. The van der Waals surface area contributed by atoms with Gasteiger partial charge in [0.15, 0.2) is 0 Å². The lowest BCUT2D eigenvalue weighted by Gasteiger charge is -2.12. The first kappa shape index (κ1) is 19.4. The first-order chi connectivity index (χ1) is 9.29. The molecule has 1 aromatic rings. The average Bonchev–Trinajstić information content (AvgIpc) is 2.85. The van der Waals surface area contributed by atoms with Crippen LogP contribution in [0.2, 0.25) is 0 Å². The molecule has 106 valence electrons. The van der Waals surface area contributed by atoms with Crippen LogP contribution < -0.4 is 4.90 Å². The van der Waals surface area contributed by atoms with Gasteiger partial charge in [-0.05, 0) is 12.1 Å². The lowest BCUT2D eigenvalue weighted by molar-refractivity contribution is -0.119. The highest BCUT2D eigenvalue weighted by Gasteiger charge is 2.24. The molecule has 0 aliphatic carbocycles. The minimum Gasteiger partial charge on any atom is -0.269 e. The summed E-state index contributed by atoms with van der Waals surface area (Å²) in [6.45, 7) is 12.0. The molecule has 0 N–H and O–H groups in total. The Bertz CT molecular complexity index is 365. The smallest absolute Gasteiger partial charge is 0.258 e. The molecule has 0 radical (unpaired) electrons. The monoisotopic (exact) mass is 263 g/mol. The third-order valence-corrected chi connectivity index (χ3v) is 1.82. The number of carbonyl (C=O) groups is 2. The second-order valence-corrected chi connectivity index (χ2v) is 2.68. The third-order valence-electron chi connectivity index (χ3n) is 1.82. The number of para-hydroxylation sites is 1. The van der Waals surface area contributed by atoms with Crippen molar-refractivity contribution in [3.8, 4) is 0 Å². The van der Waals surface area contributed by atoms with E-state index in [4.69, 9.17) is 0 Å². The van der Waals surface area contributed by atoms with Gasteiger partial charge < -0.3 is 0 Å². The fraction of sp³-hybridized carbons (Fsp3) is 0.375. The van der Waals surface area contributed by atoms with E-state index in [1.165, 1.54) is 12.2 Å². The van der Waals surface area contributed by atoms with Crippen molar-refractivity contribution >= 4 is 17.5 Å². The van der Waals surface area contributed by atoms with Gasteiger partial charge in [-0.25, -0.2) is 4.90 Å². The average molecular weight is 263 g/mol. The molecule has 0 unspecified atom stereocenters. The molecule has 3 heteroatoms. The maximum Gasteiger partial charge on any atom is 0.258 e. The standard InChI is InChI=1S/C10H7NO2.3C2H6/c12-9-6-7-10(13)11(9)8-4-2-1-3-5-8;3*1-2/h1-7H;3*1-2H3. The van der Waals surface area contributed by atoms with Gasteiger partial charge in [-0.15, -0.1) is 0 Å². The first-order valence-electron chi connectivity index (χ1n) is 6.90. The molecule has 0 aromatic heterocycles. The molecule has 0 bridgehead atoms. The topological polar surface area (TPSA) is 37.4 Å². The molecule has 0 saturated carbocycles. The van der Waals surface area contributed by atoms with Crippen LogP contribution in [0.15, 0.2) is 42.5 Å². The fourth-order valence-corrected chi connectivity index (χ4v) is 1.23. The van der Waals surface area contributed by atoms with Crippen molar-refractivity contribution < 1.29 is 9.59 Å². The molecule has 1 aromatic carbocycles. The zero-order valence-electron chi connectivity index (χ0n) is 12.8. The van der Waals surface area contributed by atoms with E-state index in [0.29, 0.717) is 5.69 Å². The Labute approximate surface area is 116 Å². The van der Waals surface area contributed by atoms with E-state index in [0.717, 1.165) is 4.90 Å². The Kier molecular flexibility index (Phi) is 12.8. The third kappa shape index (κ3) is 6.00. The molecule has 1 aliphatic heterocycles. The summed E-state index contributed by atoms with van der Waals surface area (Å²) in [5.41, 5.74) is 0.613. The summed E-state index contributed by atoms with van der Waals surface area (Å²) in [5, 5.41) is 0. The number of nitrogens with zero attached hydrogens (tertiary/aromatic N) is 1. The van der Waals surface area contributed by atoms with Crippen molar-refractivity contribution in [3.63, 3.8) is 0 Å². The molecule has 0 fully saturated rings. The van der Waals surface area contributed by atoms with Crippen molar-refractivity contribution in [2.75, 3.05) is 4.90 Å².